The van der Waals surface area contributed by atoms with Crippen molar-refractivity contribution in [2.45, 2.75) is 32.4 Å². The van der Waals surface area contributed by atoms with E-state index >= 15 is 0 Å². The number of aromatic nitrogens is 1. The van der Waals surface area contributed by atoms with Gasteiger partial charge in [0.05, 0.1) is 40.7 Å². The number of rotatable bonds is 12. The van der Waals surface area contributed by atoms with Crippen LogP contribution in [0.2, 0.25) is 0 Å². The van der Waals surface area contributed by atoms with E-state index in [0.717, 1.165) is 24.3 Å². The van der Waals surface area contributed by atoms with Gasteiger partial charge in [-0.05, 0) is 73.9 Å². The summed E-state index contributed by atoms with van der Waals surface area (Å²) in [7, 11) is 4.20. The van der Waals surface area contributed by atoms with E-state index in [2.05, 4.69) is 10.3 Å². The van der Waals surface area contributed by atoms with E-state index in [1.807, 2.05) is 0 Å². The highest BCUT2D eigenvalue weighted by molar-refractivity contribution is 6.11. The molecule has 3 aromatic carbocycles. The lowest BCUT2D eigenvalue weighted by molar-refractivity contribution is -0.137. The predicted molar refractivity (Wildman–Crippen MR) is 177 cm³/mol. The normalized spacial score (nSPS) is 11.0. The first-order valence-corrected chi connectivity index (χ1v) is 15.2. The summed E-state index contributed by atoms with van der Waals surface area (Å²) in [6.07, 6.45) is -4.27. The lowest BCUT2D eigenvalue weighted by Gasteiger charge is -2.17. The number of benzene rings is 3. The molecule has 4 aromatic rings. The fourth-order valence-electron chi connectivity index (χ4n) is 4.98. The number of aryl methyl sites for hydroxylation is 2. The summed E-state index contributed by atoms with van der Waals surface area (Å²) >= 11 is 0. The number of amides is 2. The van der Waals surface area contributed by atoms with Crippen molar-refractivity contribution in [2.75, 3.05) is 26.5 Å². The van der Waals surface area contributed by atoms with E-state index in [1.54, 1.807) is 25.1 Å². The SMILES string of the molecule is COc1cc(C(=O)O)cc(C(=O)O)c1OC(=O)CCCc1ccc(NC(=O)c2ccc(C)nc2-c2ccc(C(F)(F)F)cc2)c(C(=O)N(C)C)c1. The zero-order valence-electron chi connectivity index (χ0n) is 27.8. The third-order valence-electron chi connectivity index (χ3n) is 7.55. The van der Waals surface area contributed by atoms with Crippen molar-refractivity contribution < 1.29 is 56.8 Å². The van der Waals surface area contributed by atoms with Crippen LogP contribution in [0.5, 0.6) is 11.5 Å². The van der Waals surface area contributed by atoms with E-state index in [9.17, 15) is 47.4 Å². The minimum Gasteiger partial charge on any atom is -0.493 e. The summed E-state index contributed by atoms with van der Waals surface area (Å²) in [6, 6.07) is 13.9. The standard InChI is InChI=1S/C36H32F3N3O9/c1-19-8-14-24(30(40-19)21-10-12-23(13-11-21)36(37,38)39)32(44)41-27-15-9-20(16-25(27)33(45)42(2)3)6-5-7-29(43)51-31-26(35(48)49)17-22(34(46)47)18-28(31)50-4/h8-18H,5-7H2,1-4H3,(H,41,44)(H,46,47)(H,48,49). The summed E-state index contributed by atoms with van der Waals surface area (Å²) in [6.45, 7) is 1.67. The Labute approximate surface area is 289 Å². The second-order valence-electron chi connectivity index (χ2n) is 11.5. The number of carbonyl (C=O) groups is 5. The summed E-state index contributed by atoms with van der Waals surface area (Å²) < 4.78 is 49.7. The Kier molecular flexibility index (Phi) is 11.4. The smallest absolute Gasteiger partial charge is 0.416 e. The Morgan fingerprint density at radius 1 is 0.863 bits per heavy atom. The molecular formula is C36H32F3N3O9. The fourth-order valence-corrected chi connectivity index (χ4v) is 4.98. The first-order chi connectivity index (χ1) is 24.0. The van der Waals surface area contributed by atoms with Crippen molar-refractivity contribution in [3.63, 3.8) is 0 Å². The lowest BCUT2D eigenvalue weighted by Crippen LogP contribution is -2.24. The van der Waals surface area contributed by atoms with Crippen LogP contribution in [0.25, 0.3) is 11.3 Å². The van der Waals surface area contributed by atoms with Gasteiger partial charge >= 0.3 is 24.1 Å². The first kappa shape index (κ1) is 37.6. The Bertz CT molecular complexity index is 2010. The number of anilines is 1. The average molecular weight is 708 g/mol. The molecule has 0 aliphatic rings. The Morgan fingerprint density at radius 3 is 2.14 bits per heavy atom. The third-order valence-corrected chi connectivity index (χ3v) is 7.55. The molecule has 0 fully saturated rings. The second-order valence-corrected chi connectivity index (χ2v) is 11.5. The molecule has 0 saturated heterocycles. The topological polar surface area (TPSA) is 172 Å². The van der Waals surface area contributed by atoms with Crippen LogP contribution in [0, 0.1) is 6.92 Å². The van der Waals surface area contributed by atoms with E-state index in [0.29, 0.717) is 11.3 Å². The van der Waals surface area contributed by atoms with Gasteiger partial charge in [0.15, 0.2) is 11.5 Å². The summed E-state index contributed by atoms with van der Waals surface area (Å²) in [4.78, 5) is 68.3. The maximum Gasteiger partial charge on any atom is 0.416 e. The molecule has 1 aromatic heterocycles. The van der Waals surface area contributed by atoms with Gasteiger partial charge in [0.2, 0.25) is 0 Å². The molecule has 1 heterocycles. The summed E-state index contributed by atoms with van der Waals surface area (Å²) in [5, 5.41) is 21.5. The molecule has 266 valence electrons. The van der Waals surface area contributed by atoms with Crippen LogP contribution in [0.1, 0.15) is 71.1 Å². The number of nitrogens with zero attached hydrogens (tertiary/aromatic N) is 2. The van der Waals surface area contributed by atoms with Crippen molar-refractivity contribution in [3.05, 3.63) is 106 Å². The Morgan fingerprint density at radius 2 is 1.55 bits per heavy atom. The number of nitrogens with one attached hydrogen (secondary N) is 1. The van der Waals surface area contributed by atoms with Gasteiger partial charge in [-0.2, -0.15) is 13.2 Å². The number of alkyl halides is 3. The van der Waals surface area contributed by atoms with Crippen molar-refractivity contribution in [3.8, 4) is 22.8 Å². The number of hydrogen-bond donors (Lipinski definition) is 3. The molecule has 0 radical (unpaired) electrons. The van der Waals surface area contributed by atoms with Gasteiger partial charge in [-0.3, -0.25) is 19.4 Å². The number of pyridine rings is 1. The largest absolute Gasteiger partial charge is 0.493 e. The van der Waals surface area contributed by atoms with Crippen LogP contribution in [0.4, 0.5) is 18.9 Å². The highest BCUT2D eigenvalue weighted by Crippen LogP contribution is 2.34. The molecule has 0 atom stereocenters. The Hall–Kier alpha value is -6.25. The second kappa shape index (κ2) is 15.5. The predicted octanol–water partition coefficient (Wildman–Crippen LogP) is 6.36. The van der Waals surface area contributed by atoms with E-state index in [1.165, 1.54) is 50.4 Å². The monoisotopic (exact) mass is 707 g/mol. The maximum absolute atomic E-state index is 13.6. The van der Waals surface area contributed by atoms with Crippen LogP contribution in [0.3, 0.4) is 0 Å². The van der Waals surface area contributed by atoms with Gasteiger partial charge < -0.3 is 29.9 Å². The van der Waals surface area contributed by atoms with Crippen LogP contribution in [-0.4, -0.2) is 71.0 Å². The maximum atomic E-state index is 13.6. The quantitative estimate of drug-likeness (QED) is 0.111. The summed E-state index contributed by atoms with van der Waals surface area (Å²) in [5.74, 6) is -5.55. The lowest BCUT2D eigenvalue weighted by atomic mass is 10.0. The molecule has 15 heteroatoms. The molecule has 51 heavy (non-hydrogen) atoms. The number of ether oxygens (including phenoxy) is 2. The van der Waals surface area contributed by atoms with E-state index in [-0.39, 0.29) is 58.6 Å². The minimum absolute atomic E-state index is 0.0616. The molecular weight excluding hydrogens is 675 g/mol. The van der Waals surface area contributed by atoms with Crippen molar-refractivity contribution in [1.29, 1.82) is 0 Å². The van der Waals surface area contributed by atoms with Gasteiger partial charge in [-0.25, -0.2) is 9.59 Å². The highest BCUT2D eigenvalue weighted by atomic mass is 19.4. The van der Waals surface area contributed by atoms with Crippen LogP contribution in [-0.2, 0) is 17.4 Å². The molecule has 0 spiro atoms. The van der Waals surface area contributed by atoms with Crippen molar-refractivity contribution >= 4 is 35.4 Å². The van der Waals surface area contributed by atoms with Crippen molar-refractivity contribution in [1.82, 2.24) is 9.88 Å². The summed E-state index contributed by atoms with van der Waals surface area (Å²) in [5.41, 5.74) is 0.109. The van der Waals surface area contributed by atoms with E-state index in [4.69, 9.17) is 9.47 Å². The molecule has 2 amide bonds. The van der Waals surface area contributed by atoms with Gasteiger partial charge in [-0.1, -0.05) is 18.2 Å². The molecule has 12 nitrogen and oxygen atoms in total. The number of aromatic carboxylic acids is 2. The van der Waals surface area contributed by atoms with E-state index < -0.39 is 52.8 Å². The van der Waals surface area contributed by atoms with Gasteiger partial charge in [-0.15, -0.1) is 0 Å². The zero-order chi connectivity index (χ0) is 37.6. The molecule has 0 unspecified atom stereocenters. The number of carbonyl (C=O) groups excluding carboxylic acids is 3. The Balaban J connectivity index is 1.53. The molecule has 0 bridgehead atoms. The number of methoxy groups -OCH3 is 1. The van der Waals surface area contributed by atoms with Crippen LogP contribution < -0.4 is 14.8 Å². The number of esters is 1. The average Bonchev–Trinajstić information content (AvgIpc) is 3.07. The van der Waals surface area contributed by atoms with Crippen molar-refractivity contribution in [2.24, 2.45) is 0 Å². The molecule has 0 aliphatic heterocycles. The number of carboxylic acid groups (broad SMARTS) is 2. The van der Waals surface area contributed by atoms with Crippen LogP contribution >= 0.6 is 0 Å². The molecule has 0 aliphatic carbocycles. The zero-order valence-corrected chi connectivity index (χ0v) is 27.8. The van der Waals surface area contributed by atoms with Gasteiger partial charge in [0.25, 0.3) is 11.8 Å². The number of carboxylic acids is 2. The minimum atomic E-state index is -4.54. The highest BCUT2D eigenvalue weighted by Gasteiger charge is 2.30. The van der Waals surface area contributed by atoms with Crippen LogP contribution in [0.15, 0.2) is 66.7 Å². The molecule has 4 rings (SSSR count). The van der Waals surface area contributed by atoms with Gasteiger partial charge in [0, 0.05) is 31.8 Å². The number of halogens is 3. The van der Waals surface area contributed by atoms with Gasteiger partial charge in [0.1, 0.15) is 5.56 Å². The molecule has 3 N–H and O–H groups in total. The first-order valence-electron chi connectivity index (χ1n) is 15.2. The third kappa shape index (κ3) is 9.06. The number of hydrogen-bond acceptors (Lipinski definition) is 8. The fraction of sp³-hybridized carbons (Fsp3) is 0.222. The molecule has 0 saturated carbocycles.